The molecule has 6 heteroatoms. The Labute approximate surface area is 115 Å². The van der Waals surface area contributed by atoms with Crippen LogP contribution in [0, 0.1) is 6.57 Å². The third-order valence-electron chi connectivity index (χ3n) is 3.27. The number of halogens is 3. The maximum atomic E-state index is 12.8. The fraction of sp³-hybridized carbons (Fsp3) is 0.429. The Balaban J connectivity index is 3.58. The van der Waals surface area contributed by atoms with Gasteiger partial charge in [-0.25, -0.2) is 11.4 Å². The summed E-state index contributed by atoms with van der Waals surface area (Å²) in [4.78, 5) is 15.1. The van der Waals surface area contributed by atoms with E-state index in [4.69, 9.17) is 6.57 Å². The Morgan fingerprint density at radius 2 is 2.00 bits per heavy atom. The largest absolute Gasteiger partial charge is 0.465 e. The molecule has 0 saturated carbocycles. The molecule has 0 bridgehead atoms. The van der Waals surface area contributed by atoms with Crippen molar-refractivity contribution in [1.29, 1.82) is 0 Å². The lowest BCUT2D eigenvalue weighted by molar-refractivity contribution is -0.137. The second-order valence-electron chi connectivity index (χ2n) is 4.49. The Bertz CT molecular complexity index is 561. The molecule has 0 radical (unpaired) electrons. The zero-order valence-corrected chi connectivity index (χ0v) is 11.3. The van der Waals surface area contributed by atoms with Crippen molar-refractivity contribution in [2.24, 2.45) is 0 Å². The van der Waals surface area contributed by atoms with Crippen LogP contribution in [0.4, 0.5) is 13.2 Å². The maximum absolute atomic E-state index is 12.8. The first-order chi connectivity index (χ1) is 9.19. The molecule has 1 aromatic carbocycles. The van der Waals surface area contributed by atoms with Gasteiger partial charge in [-0.3, -0.25) is 0 Å². The molecule has 0 aliphatic heterocycles. The molecule has 1 atom stereocenters. The monoisotopic (exact) mass is 285 g/mol. The molecule has 0 saturated heterocycles. The van der Waals surface area contributed by atoms with Crippen LogP contribution in [-0.4, -0.2) is 13.1 Å². The summed E-state index contributed by atoms with van der Waals surface area (Å²) in [5, 5.41) is 0. The summed E-state index contributed by atoms with van der Waals surface area (Å²) in [6.07, 6.45) is -4.25. The van der Waals surface area contributed by atoms with Crippen LogP contribution in [0.15, 0.2) is 18.2 Å². The molecule has 0 fully saturated rings. The zero-order chi connectivity index (χ0) is 15.6. The lowest BCUT2D eigenvalue weighted by Crippen LogP contribution is -2.22. The van der Waals surface area contributed by atoms with Gasteiger partial charge < -0.3 is 9.58 Å². The Morgan fingerprint density at radius 3 is 2.40 bits per heavy atom. The smallest absolute Gasteiger partial charge is 0.416 e. The molecule has 3 nitrogen and oxygen atoms in total. The van der Waals surface area contributed by atoms with Crippen LogP contribution in [0.5, 0.6) is 0 Å². The van der Waals surface area contributed by atoms with Gasteiger partial charge in [0.05, 0.1) is 23.8 Å². The summed E-state index contributed by atoms with van der Waals surface area (Å²) in [7, 11) is 1.14. The van der Waals surface area contributed by atoms with Crippen molar-refractivity contribution in [2.75, 3.05) is 7.11 Å². The number of methoxy groups -OCH3 is 1. The van der Waals surface area contributed by atoms with Gasteiger partial charge in [-0.1, -0.05) is 6.92 Å². The molecule has 0 amide bonds. The van der Waals surface area contributed by atoms with Crippen LogP contribution >= 0.6 is 0 Å². The van der Waals surface area contributed by atoms with E-state index >= 15 is 0 Å². The van der Waals surface area contributed by atoms with Crippen molar-refractivity contribution in [3.63, 3.8) is 0 Å². The van der Waals surface area contributed by atoms with Crippen molar-refractivity contribution in [3.8, 4) is 0 Å². The fourth-order valence-corrected chi connectivity index (χ4v) is 1.78. The van der Waals surface area contributed by atoms with Crippen LogP contribution in [0.3, 0.4) is 0 Å². The standard InChI is InChI=1S/C14H14F3NO2/c1-5-13(2,18-3)11-8-9(14(15,16)17)6-7-10(11)12(19)20-4/h6-8H,5H2,1-2,4H3. The fourth-order valence-electron chi connectivity index (χ4n) is 1.78. The third kappa shape index (κ3) is 2.93. The molecule has 1 rings (SSSR count). The van der Waals surface area contributed by atoms with E-state index in [9.17, 15) is 18.0 Å². The van der Waals surface area contributed by atoms with E-state index in [1.54, 1.807) is 6.92 Å². The summed E-state index contributed by atoms with van der Waals surface area (Å²) in [5.74, 6) is -0.753. The highest BCUT2D eigenvalue weighted by molar-refractivity contribution is 5.91. The van der Waals surface area contributed by atoms with Gasteiger partial charge in [0.25, 0.3) is 5.54 Å². The van der Waals surface area contributed by atoms with Gasteiger partial charge in [-0.2, -0.15) is 13.2 Å². The topological polar surface area (TPSA) is 30.7 Å². The van der Waals surface area contributed by atoms with Crippen LogP contribution < -0.4 is 0 Å². The SMILES string of the molecule is [C-]#[N+]C(C)(CC)c1cc(C(F)(F)F)ccc1C(=O)OC. The lowest BCUT2D eigenvalue weighted by atomic mass is 9.85. The third-order valence-corrected chi connectivity index (χ3v) is 3.27. The Kier molecular flexibility index (Phi) is 4.43. The predicted octanol–water partition coefficient (Wildman–Crippen LogP) is 4.04. The molecule has 1 aromatic rings. The number of hydrogen-bond donors (Lipinski definition) is 0. The number of hydrogen-bond acceptors (Lipinski definition) is 2. The second kappa shape index (κ2) is 5.53. The van der Waals surface area contributed by atoms with Gasteiger partial charge in [0.1, 0.15) is 0 Å². The van der Waals surface area contributed by atoms with Gasteiger partial charge in [0.2, 0.25) is 0 Å². The summed E-state index contributed by atoms with van der Waals surface area (Å²) in [5.41, 5.74) is -2.06. The van der Waals surface area contributed by atoms with Crippen LogP contribution in [-0.2, 0) is 16.5 Å². The van der Waals surface area contributed by atoms with Crippen molar-refractivity contribution < 1.29 is 22.7 Å². The number of rotatable bonds is 3. The molecular weight excluding hydrogens is 271 g/mol. The highest BCUT2D eigenvalue weighted by Gasteiger charge is 2.39. The minimum atomic E-state index is -4.53. The normalized spacial score (nSPS) is 14.2. The minimum Gasteiger partial charge on any atom is -0.465 e. The first-order valence-electron chi connectivity index (χ1n) is 5.88. The van der Waals surface area contributed by atoms with Gasteiger partial charge in [0.15, 0.2) is 0 Å². The molecule has 0 aromatic heterocycles. The number of benzene rings is 1. The van der Waals surface area contributed by atoms with Gasteiger partial charge in [-0.15, -0.1) is 0 Å². The molecule has 0 spiro atoms. The van der Waals surface area contributed by atoms with E-state index in [0.29, 0.717) is 0 Å². The molecule has 1 unspecified atom stereocenters. The van der Waals surface area contributed by atoms with E-state index in [2.05, 4.69) is 9.58 Å². The average molecular weight is 285 g/mol. The predicted molar refractivity (Wildman–Crippen MR) is 67.0 cm³/mol. The highest BCUT2D eigenvalue weighted by atomic mass is 19.4. The maximum Gasteiger partial charge on any atom is 0.416 e. The first kappa shape index (κ1) is 16.0. The summed E-state index contributed by atoms with van der Waals surface area (Å²) in [6.45, 7) is 10.4. The number of nitrogens with zero attached hydrogens (tertiary/aromatic N) is 1. The molecule has 20 heavy (non-hydrogen) atoms. The number of alkyl halides is 3. The Hall–Kier alpha value is -2.03. The van der Waals surface area contributed by atoms with E-state index in [1.165, 1.54) is 6.92 Å². The summed E-state index contributed by atoms with van der Waals surface area (Å²) < 4.78 is 42.9. The van der Waals surface area contributed by atoms with Crippen LogP contribution in [0.2, 0.25) is 0 Å². The average Bonchev–Trinajstić information content (AvgIpc) is 2.44. The first-order valence-corrected chi connectivity index (χ1v) is 5.88. The minimum absolute atomic E-state index is 0.0131. The van der Waals surface area contributed by atoms with E-state index in [1.807, 2.05) is 0 Å². The molecule has 108 valence electrons. The van der Waals surface area contributed by atoms with Crippen LogP contribution in [0.25, 0.3) is 4.85 Å². The van der Waals surface area contributed by atoms with E-state index in [0.717, 1.165) is 25.3 Å². The van der Waals surface area contributed by atoms with Crippen molar-refractivity contribution >= 4 is 5.97 Å². The van der Waals surface area contributed by atoms with Crippen molar-refractivity contribution in [1.82, 2.24) is 0 Å². The van der Waals surface area contributed by atoms with Gasteiger partial charge in [0, 0.05) is 13.3 Å². The number of carbonyl (C=O) groups excluding carboxylic acids is 1. The summed E-state index contributed by atoms with van der Waals surface area (Å²) >= 11 is 0. The number of esters is 1. The molecule has 0 aliphatic carbocycles. The number of carbonyl (C=O) groups is 1. The Morgan fingerprint density at radius 1 is 1.40 bits per heavy atom. The van der Waals surface area contributed by atoms with Gasteiger partial charge >= 0.3 is 12.1 Å². The van der Waals surface area contributed by atoms with Crippen molar-refractivity contribution in [3.05, 3.63) is 46.3 Å². The van der Waals surface area contributed by atoms with Gasteiger partial charge in [-0.05, 0) is 18.2 Å². The summed E-state index contributed by atoms with van der Waals surface area (Å²) in [6, 6.07) is 2.73. The van der Waals surface area contributed by atoms with Crippen molar-refractivity contribution in [2.45, 2.75) is 32.0 Å². The van der Waals surface area contributed by atoms with E-state index in [-0.39, 0.29) is 17.5 Å². The second-order valence-corrected chi connectivity index (χ2v) is 4.49. The molecule has 0 heterocycles. The van der Waals surface area contributed by atoms with E-state index < -0.39 is 23.2 Å². The number of ether oxygens (including phenoxy) is 1. The quantitative estimate of drug-likeness (QED) is 0.620. The molecule has 0 aliphatic rings. The molecular formula is C14H14F3NO2. The zero-order valence-electron chi connectivity index (χ0n) is 11.3. The van der Waals surface area contributed by atoms with Crippen LogP contribution in [0.1, 0.15) is 41.8 Å². The lowest BCUT2D eigenvalue weighted by Gasteiger charge is -2.20. The highest BCUT2D eigenvalue weighted by Crippen LogP contribution is 2.37. The molecule has 0 N–H and O–H groups in total.